The van der Waals surface area contributed by atoms with E-state index in [-0.39, 0.29) is 12.6 Å². The zero-order valence-electron chi connectivity index (χ0n) is 11.6. The summed E-state index contributed by atoms with van der Waals surface area (Å²) < 4.78 is 36.8. The molecule has 0 aliphatic heterocycles. The van der Waals surface area contributed by atoms with Gasteiger partial charge in [-0.1, -0.05) is 13.3 Å². The number of nitrogens with zero attached hydrogens (tertiary/aromatic N) is 2. The zero-order valence-corrected chi connectivity index (χ0v) is 11.6. The van der Waals surface area contributed by atoms with Crippen LogP contribution < -0.4 is 5.84 Å². The van der Waals surface area contributed by atoms with Gasteiger partial charge in [0.1, 0.15) is 0 Å². The highest BCUT2D eigenvalue weighted by Crippen LogP contribution is 2.28. The highest BCUT2D eigenvalue weighted by atomic mass is 19.4. The van der Waals surface area contributed by atoms with E-state index in [0.717, 1.165) is 25.1 Å². The lowest BCUT2D eigenvalue weighted by molar-refractivity contribution is -0.137. The number of hydrogen-bond acceptors (Lipinski definition) is 5. The lowest BCUT2D eigenvalue weighted by atomic mass is 10.2. The fraction of sp³-hybridized carbons (Fsp3) is 0.462. The summed E-state index contributed by atoms with van der Waals surface area (Å²) >= 11 is 0. The van der Waals surface area contributed by atoms with E-state index in [0.29, 0.717) is 18.8 Å². The van der Waals surface area contributed by atoms with Crippen molar-refractivity contribution in [2.45, 2.75) is 32.5 Å². The van der Waals surface area contributed by atoms with E-state index < -0.39 is 11.7 Å². The maximum atomic E-state index is 12.3. The molecule has 0 spiro atoms. The summed E-state index contributed by atoms with van der Waals surface area (Å²) in [6, 6.07) is 2.38. The number of hydrazine groups is 1. The Morgan fingerprint density at radius 1 is 1.29 bits per heavy atom. The SMILES string of the molecule is CCCCN(N)Cc1ccc(C(F)(F)F)cn1.O=CC=O. The summed E-state index contributed by atoms with van der Waals surface area (Å²) in [4.78, 5) is 21.4. The molecule has 0 saturated heterocycles. The number of carbonyl (C=O) groups excluding carboxylic acids is 2. The summed E-state index contributed by atoms with van der Waals surface area (Å²) in [6.45, 7) is 3.11. The predicted molar refractivity (Wildman–Crippen MR) is 70.9 cm³/mol. The minimum Gasteiger partial charge on any atom is -0.295 e. The van der Waals surface area contributed by atoms with Crippen molar-refractivity contribution in [3.63, 3.8) is 0 Å². The van der Waals surface area contributed by atoms with Crippen molar-refractivity contribution in [1.82, 2.24) is 9.99 Å². The Hall–Kier alpha value is -1.80. The molecule has 0 radical (unpaired) electrons. The first kappa shape index (κ1) is 19.2. The quantitative estimate of drug-likeness (QED) is 0.376. The molecule has 0 fully saturated rings. The number of pyridine rings is 1. The van der Waals surface area contributed by atoms with E-state index in [4.69, 9.17) is 15.4 Å². The maximum absolute atomic E-state index is 12.3. The Balaban J connectivity index is 0.000000885. The third kappa shape index (κ3) is 8.87. The van der Waals surface area contributed by atoms with Crippen LogP contribution in [-0.2, 0) is 22.3 Å². The average Bonchev–Trinajstić information content (AvgIpc) is 2.45. The smallest absolute Gasteiger partial charge is 0.295 e. The van der Waals surface area contributed by atoms with Crippen molar-refractivity contribution in [2.75, 3.05) is 6.54 Å². The minimum absolute atomic E-state index is 0.194. The molecule has 0 bridgehead atoms. The highest BCUT2D eigenvalue weighted by Gasteiger charge is 2.30. The Morgan fingerprint density at radius 2 is 1.90 bits per heavy atom. The minimum atomic E-state index is -4.34. The van der Waals surface area contributed by atoms with Crippen molar-refractivity contribution in [3.05, 3.63) is 29.6 Å². The number of nitrogens with two attached hydrogens (primary N) is 1. The van der Waals surface area contributed by atoms with Crippen molar-refractivity contribution in [2.24, 2.45) is 5.84 Å². The monoisotopic (exact) mass is 305 g/mol. The molecule has 21 heavy (non-hydrogen) atoms. The van der Waals surface area contributed by atoms with Crippen LogP contribution in [-0.4, -0.2) is 29.1 Å². The van der Waals surface area contributed by atoms with E-state index >= 15 is 0 Å². The molecule has 5 nitrogen and oxygen atoms in total. The molecule has 0 aromatic carbocycles. The summed E-state index contributed by atoms with van der Waals surface area (Å²) in [5.74, 6) is 5.69. The maximum Gasteiger partial charge on any atom is 0.417 e. The standard InChI is InChI=1S/C11H16F3N3.C2H2O2/c1-2-3-6-17(15)8-10-5-4-9(7-16-10)11(12,13)14;3-1-2-4/h4-5,7H,2-3,6,8,15H2,1H3;1-2H. The number of alkyl halides is 3. The summed E-state index contributed by atoms with van der Waals surface area (Å²) in [6.07, 6.45) is -1.13. The van der Waals surface area contributed by atoms with Crippen LogP contribution in [0.5, 0.6) is 0 Å². The van der Waals surface area contributed by atoms with Gasteiger partial charge in [-0.2, -0.15) is 13.2 Å². The molecule has 0 atom stereocenters. The second kappa shape index (κ2) is 10.0. The first-order chi connectivity index (χ1) is 9.85. The summed E-state index contributed by atoms with van der Waals surface area (Å²) in [7, 11) is 0. The molecule has 118 valence electrons. The first-order valence-corrected chi connectivity index (χ1v) is 6.25. The van der Waals surface area contributed by atoms with Gasteiger partial charge in [-0.25, -0.2) is 5.01 Å². The van der Waals surface area contributed by atoms with Gasteiger partial charge in [0.05, 0.1) is 17.8 Å². The predicted octanol–water partition coefficient (Wildman–Crippen LogP) is 1.96. The number of aromatic nitrogens is 1. The van der Waals surface area contributed by atoms with Gasteiger partial charge in [0.2, 0.25) is 0 Å². The van der Waals surface area contributed by atoms with Gasteiger partial charge in [0.15, 0.2) is 12.6 Å². The van der Waals surface area contributed by atoms with Crippen molar-refractivity contribution >= 4 is 12.6 Å². The molecule has 0 unspecified atom stereocenters. The van der Waals surface area contributed by atoms with Crippen LogP contribution in [0.1, 0.15) is 31.0 Å². The van der Waals surface area contributed by atoms with Crippen LogP contribution in [0.3, 0.4) is 0 Å². The molecule has 0 aliphatic carbocycles. The third-order valence-electron chi connectivity index (χ3n) is 2.37. The number of unbranched alkanes of at least 4 members (excludes halogenated alkanes) is 1. The van der Waals surface area contributed by atoms with Gasteiger partial charge in [-0.05, 0) is 18.6 Å². The Labute approximate surface area is 120 Å². The van der Waals surface area contributed by atoms with Gasteiger partial charge in [-0.3, -0.25) is 20.4 Å². The van der Waals surface area contributed by atoms with E-state index in [2.05, 4.69) is 4.98 Å². The number of hydrogen-bond donors (Lipinski definition) is 1. The first-order valence-electron chi connectivity index (χ1n) is 6.25. The van der Waals surface area contributed by atoms with Crippen LogP contribution in [0.25, 0.3) is 0 Å². The molecule has 1 aromatic rings. The molecule has 0 saturated carbocycles. The van der Waals surface area contributed by atoms with Crippen LogP contribution in [0.15, 0.2) is 18.3 Å². The van der Waals surface area contributed by atoms with Crippen LogP contribution >= 0.6 is 0 Å². The molecule has 1 rings (SSSR count). The lowest BCUT2D eigenvalue weighted by Gasteiger charge is -2.15. The molecule has 2 N–H and O–H groups in total. The fourth-order valence-electron chi connectivity index (χ4n) is 1.33. The fourth-order valence-corrected chi connectivity index (χ4v) is 1.33. The van der Waals surface area contributed by atoms with Crippen LogP contribution in [0.2, 0.25) is 0 Å². The van der Waals surface area contributed by atoms with E-state index in [1.165, 1.54) is 6.07 Å². The van der Waals surface area contributed by atoms with Gasteiger partial charge in [-0.15, -0.1) is 0 Å². The second-order valence-corrected chi connectivity index (χ2v) is 4.13. The van der Waals surface area contributed by atoms with Crippen LogP contribution in [0.4, 0.5) is 13.2 Å². The topological polar surface area (TPSA) is 76.3 Å². The van der Waals surface area contributed by atoms with Crippen molar-refractivity contribution in [1.29, 1.82) is 0 Å². The van der Waals surface area contributed by atoms with Gasteiger partial charge >= 0.3 is 6.18 Å². The number of aldehydes is 2. The van der Waals surface area contributed by atoms with E-state index in [1.54, 1.807) is 5.01 Å². The third-order valence-corrected chi connectivity index (χ3v) is 2.37. The molecule has 0 aliphatic rings. The molecular weight excluding hydrogens is 287 g/mol. The second-order valence-electron chi connectivity index (χ2n) is 4.13. The average molecular weight is 305 g/mol. The largest absolute Gasteiger partial charge is 0.417 e. The van der Waals surface area contributed by atoms with E-state index in [1.807, 2.05) is 6.92 Å². The molecular formula is C13H18F3N3O2. The summed E-state index contributed by atoms with van der Waals surface area (Å²) in [5, 5.41) is 1.55. The van der Waals surface area contributed by atoms with Crippen LogP contribution in [0, 0.1) is 0 Å². The zero-order chi connectivity index (χ0) is 16.3. The van der Waals surface area contributed by atoms with Gasteiger partial charge in [0, 0.05) is 12.7 Å². The lowest BCUT2D eigenvalue weighted by Crippen LogP contribution is -2.31. The number of rotatable bonds is 6. The molecule has 8 heteroatoms. The highest BCUT2D eigenvalue weighted by molar-refractivity contribution is 6.09. The number of carbonyl (C=O) groups is 2. The summed E-state index contributed by atoms with van der Waals surface area (Å²) in [5.41, 5.74) is -0.199. The Bertz CT molecular complexity index is 416. The normalized spacial score (nSPS) is 10.8. The molecule has 1 heterocycles. The van der Waals surface area contributed by atoms with E-state index in [9.17, 15) is 13.2 Å². The molecule has 0 amide bonds. The van der Waals surface area contributed by atoms with Crippen molar-refractivity contribution in [3.8, 4) is 0 Å². The molecule has 1 aromatic heterocycles. The Morgan fingerprint density at radius 3 is 2.29 bits per heavy atom. The van der Waals surface area contributed by atoms with Crippen molar-refractivity contribution < 1.29 is 22.8 Å². The van der Waals surface area contributed by atoms with Gasteiger partial charge in [0.25, 0.3) is 0 Å². The Kier molecular flexibility index (Phi) is 9.15. The van der Waals surface area contributed by atoms with Gasteiger partial charge < -0.3 is 0 Å². The number of halogens is 3.